The van der Waals surface area contributed by atoms with Gasteiger partial charge in [-0.05, 0) is 37.3 Å². The van der Waals surface area contributed by atoms with Gasteiger partial charge < -0.3 is 13.9 Å². The lowest BCUT2D eigenvalue weighted by Gasteiger charge is -2.11. The van der Waals surface area contributed by atoms with Crippen LogP contribution in [0.25, 0.3) is 20.8 Å². The summed E-state index contributed by atoms with van der Waals surface area (Å²) in [6.45, 7) is 1.54. The number of rotatable bonds is 6. The lowest BCUT2D eigenvalue weighted by Crippen LogP contribution is -2.14. The number of aryl methyl sites for hydroxylation is 1. The highest BCUT2D eigenvalue weighted by atomic mass is 35.5. The minimum absolute atomic E-state index is 0.0855. The molecule has 4 aromatic rings. The van der Waals surface area contributed by atoms with Gasteiger partial charge in [0.2, 0.25) is 5.88 Å². The van der Waals surface area contributed by atoms with Crippen LogP contribution in [-0.2, 0) is 14.8 Å². The summed E-state index contributed by atoms with van der Waals surface area (Å²) in [5.74, 6) is -0.558. The Morgan fingerprint density at radius 1 is 1.19 bits per heavy atom. The highest BCUT2D eigenvalue weighted by molar-refractivity contribution is 7.92. The van der Waals surface area contributed by atoms with E-state index in [1.807, 2.05) is 24.3 Å². The molecule has 0 saturated carbocycles. The predicted octanol–water partition coefficient (Wildman–Crippen LogP) is 5.11. The first kappa shape index (κ1) is 22.1. The highest BCUT2D eigenvalue weighted by Gasteiger charge is 2.31. The van der Waals surface area contributed by atoms with E-state index in [1.54, 1.807) is 6.92 Å². The first-order valence-electron chi connectivity index (χ1n) is 9.19. The Morgan fingerprint density at radius 2 is 1.94 bits per heavy atom. The molecule has 0 fully saturated rings. The Balaban J connectivity index is 1.90. The van der Waals surface area contributed by atoms with Crippen molar-refractivity contribution in [2.45, 2.75) is 11.8 Å². The van der Waals surface area contributed by atoms with Gasteiger partial charge in [0.15, 0.2) is 0 Å². The second-order valence-corrected chi connectivity index (χ2v) is 9.73. The van der Waals surface area contributed by atoms with Crippen molar-refractivity contribution < 1.29 is 27.1 Å². The van der Waals surface area contributed by atoms with E-state index >= 15 is 0 Å². The Morgan fingerprint density at radius 3 is 2.62 bits per heavy atom. The number of carbonyl (C=O) groups excluding carboxylic acids is 1. The number of esters is 1. The van der Waals surface area contributed by atoms with Gasteiger partial charge in [0, 0.05) is 5.02 Å². The fourth-order valence-corrected chi connectivity index (χ4v) is 5.63. The van der Waals surface area contributed by atoms with Gasteiger partial charge in [-0.15, -0.1) is 11.3 Å². The lowest BCUT2D eigenvalue weighted by atomic mass is 10.1. The summed E-state index contributed by atoms with van der Waals surface area (Å²) >= 11 is 7.30. The van der Waals surface area contributed by atoms with Crippen molar-refractivity contribution in [1.82, 2.24) is 4.98 Å². The molecular weight excluding hydrogens is 476 g/mol. The monoisotopic (exact) mass is 492 g/mol. The maximum Gasteiger partial charge on any atom is 0.342 e. The molecule has 2 aromatic carbocycles. The number of ether oxygens (including phenoxy) is 2. The minimum atomic E-state index is -4.20. The number of sulfonamides is 1. The molecule has 0 aliphatic rings. The van der Waals surface area contributed by atoms with Crippen LogP contribution >= 0.6 is 22.9 Å². The second kappa shape index (κ2) is 8.45. The van der Waals surface area contributed by atoms with Crippen LogP contribution in [0.3, 0.4) is 0 Å². The Bertz CT molecular complexity index is 1410. The third-order valence-electron chi connectivity index (χ3n) is 4.62. The van der Waals surface area contributed by atoms with Gasteiger partial charge in [0.05, 0.1) is 30.0 Å². The molecule has 0 amide bonds. The van der Waals surface area contributed by atoms with E-state index < -0.39 is 16.0 Å². The molecule has 0 radical (unpaired) electrons. The molecule has 0 unspecified atom stereocenters. The number of fused-ring (bicyclic) bond motifs is 1. The predicted molar refractivity (Wildman–Crippen MR) is 122 cm³/mol. The molecule has 0 aliphatic heterocycles. The minimum Gasteiger partial charge on any atom is -0.495 e. The number of furan rings is 1. The number of nitrogens with one attached hydrogen (secondary N) is 1. The third-order valence-corrected chi connectivity index (χ3v) is 7.26. The summed E-state index contributed by atoms with van der Waals surface area (Å²) in [5.41, 5.74) is 0.981. The number of halogens is 1. The van der Waals surface area contributed by atoms with Crippen molar-refractivity contribution in [1.29, 1.82) is 0 Å². The van der Waals surface area contributed by atoms with Crippen LogP contribution < -0.4 is 9.46 Å². The molecule has 11 heteroatoms. The van der Waals surface area contributed by atoms with Gasteiger partial charge in [0.1, 0.15) is 27.0 Å². The quantitative estimate of drug-likeness (QED) is 0.372. The number of carbonyl (C=O) groups is 1. The van der Waals surface area contributed by atoms with Crippen LogP contribution in [0, 0.1) is 6.92 Å². The van der Waals surface area contributed by atoms with Crippen molar-refractivity contribution in [3.8, 4) is 16.3 Å². The highest BCUT2D eigenvalue weighted by Crippen LogP contribution is 2.42. The smallest absolute Gasteiger partial charge is 0.342 e. The number of hydrogen-bond donors (Lipinski definition) is 1. The number of nitrogens with zero attached hydrogens (tertiary/aromatic N) is 1. The van der Waals surface area contributed by atoms with Crippen LogP contribution in [0.1, 0.15) is 16.1 Å². The van der Waals surface area contributed by atoms with E-state index in [9.17, 15) is 13.2 Å². The SMILES string of the molecule is COC(=O)c1c(C)oc(NS(=O)(=O)c2cc(Cl)ccc2OC)c1-c1nc2ccccc2s1. The number of benzene rings is 2. The summed E-state index contributed by atoms with van der Waals surface area (Å²) in [6, 6.07) is 11.6. The molecule has 8 nitrogen and oxygen atoms in total. The lowest BCUT2D eigenvalue weighted by molar-refractivity contribution is 0.0599. The third kappa shape index (κ3) is 3.92. The molecule has 0 atom stereocenters. The average molecular weight is 493 g/mol. The van der Waals surface area contributed by atoms with Gasteiger partial charge >= 0.3 is 5.97 Å². The van der Waals surface area contributed by atoms with Gasteiger partial charge in [-0.1, -0.05) is 23.7 Å². The van der Waals surface area contributed by atoms with Crippen molar-refractivity contribution >= 4 is 55.0 Å². The Hall–Kier alpha value is -3.08. The van der Waals surface area contributed by atoms with Crippen LogP contribution in [0.2, 0.25) is 5.02 Å². The van der Waals surface area contributed by atoms with Crippen molar-refractivity contribution in [3.63, 3.8) is 0 Å². The van der Waals surface area contributed by atoms with E-state index in [-0.39, 0.29) is 38.4 Å². The zero-order valence-corrected chi connectivity index (χ0v) is 19.5. The number of hydrogen-bond acceptors (Lipinski definition) is 8. The van der Waals surface area contributed by atoms with E-state index in [0.29, 0.717) is 10.5 Å². The van der Waals surface area contributed by atoms with Crippen LogP contribution in [0.15, 0.2) is 51.8 Å². The van der Waals surface area contributed by atoms with Gasteiger partial charge in [-0.25, -0.2) is 22.9 Å². The molecule has 0 saturated heterocycles. The molecule has 166 valence electrons. The number of para-hydroxylation sites is 1. The number of methoxy groups -OCH3 is 2. The summed E-state index contributed by atoms with van der Waals surface area (Å²) < 4.78 is 45.4. The molecular formula is C21H17ClN2O6S2. The van der Waals surface area contributed by atoms with E-state index in [2.05, 4.69) is 9.71 Å². The maximum atomic E-state index is 13.2. The van der Waals surface area contributed by atoms with Crippen LogP contribution in [0.4, 0.5) is 5.88 Å². The Labute approximate surface area is 192 Å². The summed E-state index contributed by atoms with van der Waals surface area (Å²) in [7, 11) is -1.62. The van der Waals surface area contributed by atoms with E-state index in [1.165, 1.54) is 43.8 Å². The first-order valence-corrected chi connectivity index (χ1v) is 11.9. The molecule has 0 aliphatic carbocycles. The Kier molecular flexibility index (Phi) is 5.85. The van der Waals surface area contributed by atoms with Crippen LogP contribution in [0.5, 0.6) is 5.75 Å². The molecule has 2 heterocycles. The van der Waals surface area contributed by atoms with Gasteiger partial charge in [-0.2, -0.15) is 0 Å². The van der Waals surface area contributed by atoms with E-state index in [0.717, 1.165) is 4.70 Å². The van der Waals surface area contributed by atoms with Crippen molar-refractivity contribution in [2.24, 2.45) is 0 Å². The van der Waals surface area contributed by atoms with E-state index in [4.69, 9.17) is 25.5 Å². The average Bonchev–Trinajstić information content (AvgIpc) is 3.33. The second-order valence-electron chi connectivity index (χ2n) is 6.62. The molecule has 32 heavy (non-hydrogen) atoms. The maximum absolute atomic E-state index is 13.2. The molecule has 0 spiro atoms. The van der Waals surface area contributed by atoms with Gasteiger partial charge in [-0.3, -0.25) is 0 Å². The van der Waals surface area contributed by atoms with Crippen LogP contribution in [-0.4, -0.2) is 33.6 Å². The summed E-state index contributed by atoms with van der Waals surface area (Å²) in [5, 5.41) is 0.614. The zero-order chi connectivity index (χ0) is 23.0. The normalized spacial score (nSPS) is 11.5. The standard InChI is InChI=1S/C21H17ClN2O6S2/c1-11-17(21(25)29-3)18(20-23-13-6-4-5-7-15(13)31-20)19(30-11)24-32(26,27)16-10-12(22)8-9-14(16)28-2/h4-10,24H,1-3H3. The largest absolute Gasteiger partial charge is 0.495 e. The number of anilines is 1. The number of thiazole rings is 1. The van der Waals surface area contributed by atoms with Crippen molar-refractivity contribution in [3.05, 3.63) is 58.8 Å². The summed E-state index contributed by atoms with van der Waals surface area (Å²) in [4.78, 5) is 16.9. The first-order chi connectivity index (χ1) is 15.2. The summed E-state index contributed by atoms with van der Waals surface area (Å²) in [6.07, 6.45) is 0. The molecule has 1 N–H and O–H groups in total. The van der Waals surface area contributed by atoms with Gasteiger partial charge in [0.25, 0.3) is 10.0 Å². The topological polar surface area (TPSA) is 108 Å². The number of aromatic nitrogens is 1. The molecule has 0 bridgehead atoms. The zero-order valence-electron chi connectivity index (χ0n) is 17.1. The molecule has 4 rings (SSSR count). The fraction of sp³-hybridized carbons (Fsp3) is 0.143. The molecule has 2 aromatic heterocycles. The van der Waals surface area contributed by atoms with Crippen molar-refractivity contribution in [2.75, 3.05) is 18.9 Å². The fourth-order valence-electron chi connectivity index (χ4n) is 3.19.